The predicted octanol–water partition coefficient (Wildman–Crippen LogP) is 3.04. The molecule has 0 bridgehead atoms. The zero-order chi connectivity index (χ0) is 16.3. The molecule has 0 aliphatic carbocycles. The Morgan fingerprint density at radius 2 is 2.00 bits per heavy atom. The van der Waals surface area contributed by atoms with E-state index in [0.717, 1.165) is 18.4 Å². The lowest BCUT2D eigenvalue weighted by Crippen LogP contribution is -2.46. The first kappa shape index (κ1) is 17.1. The van der Waals surface area contributed by atoms with Gasteiger partial charge in [-0.15, -0.1) is 0 Å². The molecule has 2 unspecified atom stereocenters. The van der Waals surface area contributed by atoms with Crippen LogP contribution >= 0.6 is 11.6 Å². The molecule has 2 atom stereocenters. The lowest BCUT2D eigenvalue weighted by molar-refractivity contribution is -0.139. The molecule has 1 aliphatic heterocycles. The molecule has 22 heavy (non-hydrogen) atoms. The van der Waals surface area contributed by atoms with Crippen LogP contribution in [0.25, 0.3) is 0 Å². The average molecular weight is 326 g/mol. The molecular weight excluding hydrogens is 302 g/mol. The Morgan fingerprint density at radius 3 is 2.59 bits per heavy atom. The molecule has 5 heteroatoms. The Hall–Kier alpha value is -1.26. The van der Waals surface area contributed by atoms with Crippen LogP contribution in [0.4, 0.5) is 0 Å². The Balaban J connectivity index is 1.94. The zero-order valence-corrected chi connectivity index (χ0v) is 14.1. The van der Waals surface area contributed by atoms with E-state index in [0.29, 0.717) is 23.9 Å². The first-order valence-electron chi connectivity index (χ1n) is 7.78. The number of rotatable bonds is 4. The number of carbonyl (C=O) groups is 1. The molecule has 0 saturated carbocycles. The number of carbonyl (C=O) groups excluding carboxylic acids is 1. The number of amides is 1. The molecule has 2 rings (SSSR count). The lowest BCUT2D eigenvalue weighted by atomic mass is 9.92. The monoisotopic (exact) mass is 325 g/mol. The van der Waals surface area contributed by atoms with E-state index in [-0.39, 0.29) is 17.9 Å². The van der Waals surface area contributed by atoms with Gasteiger partial charge in [0.2, 0.25) is 0 Å². The molecule has 1 aliphatic rings. The Kier molecular flexibility index (Phi) is 5.70. The van der Waals surface area contributed by atoms with E-state index in [2.05, 4.69) is 0 Å². The summed E-state index contributed by atoms with van der Waals surface area (Å²) >= 11 is 6.11. The van der Waals surface area contributed by atoms with Crippen LogP contribution < -0.4 is 4.74 Å². The number of halogens is 1. The van der Waals surface area contributed by atoms with Crippen molar-refractivity contribution < 1.29 is 14.6 Å². The summed E-state index contributed by atoms with van der Waals surface area (Å²) in [6.07, 6.45) is 0.794. The van der Waals surface area contributed by atoms with Crippen molar-refractivity contribution in [1.82, 2.24) is 4.90 Å². The average Bonchev–Trinajstić information content (AvgIpc) is 2.50. The zero-order valence-electron chi connectivity index (χ0n) is 13.4. The minimum Gasteiger partial charge on any atom is -0.479 e. The van der Waals surface area contributed by atoms with Gasteiger partial charge in [0.25, 0.3) is 5.91 Å². The van der Waals surface area contributed by atoms with Crippen LogP contribution in [-0.4, -0.2) is 41.2 Å². The number of nitrogens with zero attached hydrogens (tertiary/aromatic N) is 1. The van der Waals surface area contributed by atoms with Gasteiger partial charge in [0.15, 0.2) is 6.10 Å². The smallest absolute Gasteiger partial charge is 0.263 e. The number of hydrogen-bond acceptors (Lipinski definition) is 3. The minimum atomic E-state index is -0.567. The van der Waals surface area contributed by atoms with E-state index in [4.69, 9.17) is 16.3 Å². The van der Waals surface area contributed by atoms with Crippen molar-refractivity contribution in [2.75, 3.05) is 13.1 Å². The summed E-state index contributed by atoms with van der Waals surface area (Å²) < 4.78 is 5.74. The lowest BCUT2D eigenvalue weighted by Gasteiger charge is -2.34. The molecule has 122 valence electrons. The van der Waals surface area contributed by atoms with Crippen molar-refractivity contribution in [3.05, 3.63) is 28.8 Å². The van der Waals surface area contributed by atoms with Crippen molar-refractivity contribution in [2.24, 2.45) is 5.92 Å². The van der Waals surface area contributed by atoms with Crippen molar-refractivity contribution in [1.29, 1.82) is 0 Å². The predicted molar refractivity (Wildman–Crippen MR) is 87.3 cm³/mol. The van der Waals surface area contributed by atoms with Crippen molar-refractivity contribution >= 4 is 17.5 Å². The van der Waals surface area contributed by atoms with E-state index >= 15 is 0 Å². The highest BCUT2D eigenvalue weighted by molar-refractivity contribution is 6.32. The van der Waals surface area contributed by atoms with E-state index in [1.165, 1.54) is 0 Å². The van der Waals surface area contributed by atoms with Gasteiger partial charge in [-0.3, -0.25) is 4.79 Å². The van der Waals surface area contributed by atoms with Crippen LogP contribution in [0.15, 0.2) is 18.2 Å². The van der Waals surface area contributed by atoms with Crippen LogP contribution in [0.5, 0.6) is 5.75 Å². The standard InChI is InChI=1S/C17H24ClNO3/c1-11-4-5-15(18)16(10-11)22-13(3)17(21)19-8-6-14(7-9-19)12(2)20/h4-5,10,12-14,20H,6-9H2,1-3H3. The number of likely N-dealkylation sites (tertiary alicyclic amines) is 1. The van der Waals surface area contributed by atoms with Gasteiger partial charge in [0.1, 0.15) is 5.75 Å². The van der Waals surface area contributed by atoms with E-state index in [1.807, 2.05) is 30.9 Å². The number of benzene rings is 1. The van der Waals surface area contributed by atoms with Crippen LogP contribution in [0.3, 0.4) is 0 Å². The maximum atomic E-state index is 12.5. The summed E-state index contributed by atoms with van der Waals surface area (Å²) in [5.41, 5.74) is 1.04. The third-order valence-electron chi connectivity index (χ3n) is 4.27. The summed E-state index contributed by atoms with van der Waals surface area (Å²) in [6.45, 7) is 6.86. The number of aliphatic hydroxyl groups is 1. The molecule has 0 aromatic heterocycles. The molecule has 0 radical (unpaired) electrons. The molecule has 0 spiro atoms. The number of ether oxygens (including phenoxy) is 1. The summed E-state index contributed by atoms with van der Waals surface area (Å²) in [5, 5.41) is 10.1. The maximum Gasteiger partial charge on any atom is 0.263 e. The van der Waals surface area contributed by atoms with Crippen LogP contribution in [-0.2, 0) is 4.79 Å². The molecule has 1 heterocycles. The molecule has 4 nitrogen and oxygen atoms in total. The molecule has 1 N–H and O–H groups in total. The fraction of sp³-hybridized carbons (Fsp3) is 0.588. The quantitative estimate of drug-likeness (QED) is 0.925. The molecule has 1 amide bonds. The molecule has 1 saturated heterocycles. The minimum absolute atomic E-state index is 0.0263. The molecule has 1 aromatic carbocycles. The van der Waals surface area contributed by atoms with Gasteiger partial charge in [-0.05, 0) is 57.2 Å². The van der Waals surface area contributed by atoms with E-state index < -0.39 is 6.10 Å². The Labute approximate surface area is 137 Å². The molecule has 1 aromatic rings. The van der Waals surface area contributed by atoms with Gasteiger partial charge in [-0.1, -0.05) is 17.7 Å². The topological polar surface area (TPSA) is 49.8 Å². The summed E-state index contributed by atoms with van der Waals surface area (Å²) in [5.74, 6) is 0.800. The van der Waals surface area contributed by atoms with Gasteiger partial charge in [0.05, 0.1) is 11.1 Å². The van der Waals surface area contributed by atoms with Gasteiger partial charge < -0.3 is 14.7 Å². The second-order valence-corrected chi connectivity index (χ2v) is 6.50. The highest BCUT2D eigenvalue weighted by atomic mass is 35.5. The Bertz CT molecular complexity index is 525. The Morgan fingerprint density at radius 1 is 1.36 bits per heavy atom. The second-order valence-electron chi connectivity index (χ2n) is 6.10. The fourth-order valence-corrected chi connectivity index (χ4v) is 2.96. The first-order chi connectivity index (χ1) is 10.4. The van der Waals surface area contributed by atoms with Crippen LogP contribution in [0.1, 0.15) is 32.3 Å². The second kappa shape index (κ2) is 7.34. The van der Waals surface area contributed by atoms with Crippen molar-refractivity contribution in [2.45, 2.75) is 45.8 Å². The van der Waals surface area contributed by atoms with Crippen molar-refractivity contribution in [3.8, 4) is 5.75 Å². The third-order valence-corrected chi connectivity index (χ3v) is 4.58. The highest BCUT2D eigenvalue weighted by Crippen LogP contribution is 2.27. The third kappa shape index (κ3) is 4.14. The summed E-state index contributed by atoms with van der Waals surface area (Å²) in [4.78, 5) is 14.3. The summed E-state index contributed by atoms with van der Waals surface area (Å²) in [7, 11) is 0. The number of piperidine rings is 1. The maximum absolute atomic E-state index is 12.5. The van der Waals surface area contributed by atoms with E-state index in [9.17, 15) is 9.90 Å². The molecule has 1 fully saturated rings. The first-order valence-corrected chi connectivity index (χ1v) is 8.16. The van der Waals surface area contributed by atoms with E-state index in [1.54, 1.807) is 13.0 Å². The molecular formula is C17H24ClNO3. The normalized spacial score (nSPS) is 18.9. The summed E-state index contributed by atoms with van der Waals surface area (Å²) in [6, 6.07) is 5.52. The van der Waals surface area contributed by atoms with Gasteiger partial charge in [-0.25, -0.2) is 0 Å². The SMILES string of the molecule is Cc1ccc(Cl)c(OC(C)C(=O)N2CCC(C(C)O)CC2)c1. The van der Waals surface area contributed by atoms with Crippen LogP contribution in [0, 0.1) is 12.8 Å². The fourth-order valence-electron chi connectivity index (χ4n) is 2.80. The number of aryl methyl sites for hydroxylation is 1. The van der Waals surface area contributed by atoms with Crippen molar-refractivity contribution in [3.63, 3.8) is 0 Å². The van der Waals surface area contributed by atoms with Gasteiger partial charge in [0, 0.05) is 13.1 Å². The largest absolute Gasteiger partial charge is 0.479 e. The van der Waals surface area contributed by atoms with Crippen LogP contribution in [0.2, 0.25) is 5.02 Å². The van der Waals surface area contributed by atoms with Gasteiger partial charge in [-0.2, -0.15) is 0 Å². The number of aliphatic hydroxyl groups excluding tert-OH is 1. The highest BCUT2D eigenvalue weighted by Gasteiger charge is 2.28. The van der Waals surface area contributed by atoms with Gasteiger partial charge >= 0.3 is 0 Å². The number of hydrogen-bond donors (Lipinski definition) is 1.